The molecular weight excluding hydrogens is 586 g/mol. The van der Waals surface area contributed by atoms with Gasteiger partial charge in [-0.15, -0.1) is 0 Å². The van der Waals surface area contributed by atoms with Crippen molar-refractivity contribution < 1.29 is 23.8 Å². The summed E-state index contributed by atoms with van der Waals surface area (Å²) >= 11 is 0. The Bertz CT molecular complexity index is 1470. The Labute approximate surface area is 269 Å². The van der Waals surface area contributed by atoms with E-state index in [0.717, 1.165) is 82.4 Å². The number of likely N-dealkylation sites (tertiary alicyclic amines) is 1. The maximum Gasteiger partial charge on any atom is 0.270 e. The maximum absolute atomic E-state index is 12.9. The first-order valence-electron chi connectivity index (χ1n) is 16.6. The predicted octanol–water partition coefficient (Wildman–Crippen LogP) is 3.48. The van der Waals surface area contributed by atoms with Crippen LogP contribution in [0.4, 0.5) is 5.82 Å². The van der Waals surface area contributed by atoms with Crippen molar-refractivity contribution in [2.24, 2.45) is 5.92 Å². The molecule has 46 heavy (non-hydrogen) atoms. The van der Waals surface area contributed by atoms with Crippen LogP contribution in [0.1, 0.15) is 77.9 Å². The lowest BCUT2D eigenvalue weighted by molar-refractivity contribution is -0.137. The zero-order valence-electron chi connectivity index (χ0n) is 26.6. The van der Waals surface area contributed by atoms with Gasteiger partial charge in [-0.2, -0.15) is 0 Å². The first-order chi connectivity index (χ1) is 22.4. The van der Waals surface area contributed by atoms with E-state index >= 15 is 0 Å². The number of aliphatic hydroxyl groups excluding tert-OH is 1. The molecule has 1 saturated carbocycles. The third-order valence-corrected chi connectivity index (χ3v) is 9.53. The Morgan fingerprint density at radius 1 is 1.11 bits per heavy atom. The molecule has 246 valence electrons. The monoisotopic (exact) mass is 631 g/mol. The van der Waals surface area contributed by atoms with Crippen molar-refractivity contribution in [2.45, 2.75) is 83.6 Å². The fraction of sp³-hybridized carbons (Fsp3) is 0.559. The number of nitrogens with zero attached hydrogens (tertiary/aromatic N) is 5. The van der Waals surface area contributed by atoms with Crippen molar-refractivity contribution in [3.63, 3.8) is 0 Å². The topological polar surface area (TPSA) is 146 Å². The molecule has 1 saturated heterocycles. The molecule has 6 rings (SSSR count). The van der Waals surface area contributed by atoms with Gasteiger partial charge in [0, 0.05) is 57.3 Å². The Kier molecular flexibility index (Phi) is 10.4. The Morgan fingerprint density at radius 3 is 2.72 bits per heavy atom. The Morgan fingerprint density at radius 2 is 1.93 bits per heavy atom. The van der Waals surface area contributed by atoms with Crippen LogP contribution in [0.5, 0.6) is 5.75 Å². The van der Waals surface area contributed by atoms with Gasteiger partial charge >= 0.3 is 0 Å². The van der Waals surface area contributed by atoms with E-state index in [0.29, 0.717) is 30.6 Å². The minimum absolute atomic E-state index is 0.113. The standard InChI is InChI=1S/C34H45N7O5/c1-23-29-11-14-40(18-25(29)7-10-31(23)45-20-28-17-35-22-46-28)19-27(42)16-36-33(43)30-15-32(38-21-37-30)39-26-8-5-24(6-9-26)34(44)41-12-3-2-4-13-41/h7,10,15,17,21-22,24,26-27,42H,2-6,8-9,11-14,16,18-20H2,1H3,(H,36,43)(H,37,38,39)/t24-,26-,27-/m1/s1. The molecule has 2 aromatic heterocycles. The zero-order chi connectivity index (χ0) is 31.9. The summed E-state index contributed by atoms with van der Waals surface area (Å²) in [4.78, 5) is 42.4. The van der Waals surface area contributed by atoms with Gasteiger partial charge in [-0.25, -0.2) is 15.0 Å². The van der Waals surface area contributed by atoms with Gasteiger partial charge in [0.25, 0.3) is 5.91 Å². The number of oxazole rings is 1. The Balaban J connectivity index is 0.931. The fourth-order valence-corrected chi connectivity index (χ4v) is 6.94. The quantitative estimate of drug-likeness (QED) is 0.288. The highest BCUT2D eigenvalue weighted by molar-refractivity contribution is 5.92. The molecule has 0 radical (unpaired) electrons. The van der Waals surface area contributed by atoms with Crippen LogP contribution in [0.25, 0.3) is 0 Å². The minimum Gasteiger partial charge on any atom is -0.485 e. The highest BCUT2D eigenvalue weighted by Crippen LogP contribution is 2.31. The second-order valence-electron chi connectivity index (χ2n) is 12.8. The number of piperidine rings is 1. The molecule has 2 aliphatic heterocycles. The number of β-amino-alcohol motifs (C(OH)–C–C–N with tert-alkyl or cyclic N) is 1. The number of nitrogens with one attached hydrogen (secondary N) is 2. The van der Waals surface area contributed by atoms with Crippen molar-refractivity contribution >= 4 is 17.6 Å². The lowest BCUT2D eigenvalue weighted by Gasteiger charge is -2.34. The van der Waals surface area contributed by atoms with Crippen LogP contribution in [0.15, 0.2) is 41.5 Å². The molecule has 1 aliphatic carbocycles. The number of aromatic nitrogens is 3. The van der Waals surface area contributed by atoms with Crippen molar-refractivity contribution in [3.8, 4) is 5.75 Å². The third-order valence-electron chi connectivity index (χ3n) is 9.53. The van der Waals surface area contributed by atoms with E-state index in [1.807, 2.05) is 6.07 Å². The van der Waals surface area contributed by atoms with E-state index in [9.17, 15) is 14.7 Å². The molecular formula is C34H45N7O5. The van der Waals surface area contributed by atoms with Crippen molar-refractivity contribution in [3.05, 3.63) is 65.3 Å². The summed E-state index contributed by atoms with van der Waals surface area (Å²) in [6.07, 6.45) is 11.5. The molecule has 4 heterocycles. The van der Waals surface area contributed by atoms with Crippen LogP contribution in [0, 0.1) is 12.8 Å². The van der Waals surface area contributed by atoms with Crippen LogP contribution >= 0.6 is 0 Å². The summed E-state index contributed by atoms with van der Waals surface area (Å²) in [5.74, 6) is 2.19. The van der Waals surface area contributed by atoms with Crippen LogP contribution in [-0.2, 0) is 24.4 Å². The number of carbonyl (C=O) groups excluding carboxylic acids is 2. The first-order valence-corrected chi connectivity index (χ1v) is 16.6. The van der Waals surface area contributed by atoms with Gasteiger partial charge in [0.05, 0.1) is 12.3 Å². The number of carbonyl (C=O) groups is 2. The van der Waals surface area contributed by atoms with Gasteiger partial charge in [-0.05, 0) is 81.0 Å². The number of hydrogen-bond acceptors (Lipinski definition) is 10. The average Bonchev–Trinajstić information content (AvgIpc) is 3.61. The summed E-state index contributed by atoms with van der Waals surface area (Å²) in [6.45, 7) is 6.30. The van der Waals surface area contributed by atoms with Gasteiger partial charge in [-0.3, -0.25) is 14.5 Å². The van der Waals surface area contributed by atoms with Crippen LogP contribution < -0.4 is 15.4 Å². The summed E-state index contributed by atoms with van der Waals surface area (Å²) in [5, 5.41) is 17.0. The van der Waals surface area contributed by atoms with E-state index < -0.39 is 6.10 Å². The number of aliphatic hydroxyl groups is 1. The van der Waals surface area contributed by atoms with Gasteiger partial charge < -0.3 is 29.8 Å². The molecule has 1 aromatic carbocycles. The molecule has 3 aliphatic rings. The number of hydrogen-bond donors (Lipinski definition) is 3. The number of rotatable bonds is 11. The normalized spacial score (nSPS) is 20.9. The van der Waals surface area contributed by atoms with E-state index in [4.69, 9.17) is 9.15 Å². The zero-order valence-corrected chi connectivity index (χ0v) is 26.6. The number of amides is 2. The number of fused-ring (bicyclic) bond motifs is 1. The lowest BCUT2D eigenvalue weighted by atomic mass is 9.85. The summed E-state index contributed by atoms with van der Waals surface area (Å²) in [7, 11) is 0. The molecule has 2 fully saturated rings. The lowest BCUT2D eigenvalue weighted by Crippen LogP contribution is -2.42. The molecule has 12 nitrogen and oxygen atoms in total. The molecule has 0 spiro atoms. The maximum atomic E-state index is 12.9. The largest absolute Gasteiger partial charge is 0.485 e. The molecule has 12 heteroatoms. The summed E-state index contributed by atoms with van der Waals surface area (Å²) in [6, 6.07) is 5.92. The SMILES string of the molecule is Cc1c(OCc2cnco2)ccc2c1CCN(C[C@H](O)CNC(=O)c1cc(N[C@H]3CC[C@H](C(=O)N4CCCCC4)CC3)ncn1)C2. The average molecular weight is 632 g/mol. The van der Waals surface area contributed by atoms with E-state index in [-0.39, 0.29) is 30.1 Å². The third kappa shape index (κ3) is 8.03. The summed E-state index contributed by atoms with van der Waals surface area (Å²) < 4.78 is 11.2. The minimum atomic E-state index is -0.724. The van der Waals surface area contributed by atoms with Crippen molar-refractivity contribution in [1.82, 2.24) is 30.1 Å². The molecule has 2 amide bonds. The molecule has 0 unspecified atom stereocenters. The highest BCUT2D eigenvalue weighted by atomic mass is 16.5. The van der Waals surface area contributed by atoms with Crippen LogP contribution in [0.2, 0.25) is 0 Å². The van der Waals surface area contributed by atoms with Gasteiger partial charge in [0.15, 0.2) is 12.2 Å². The summed E-state index contributed by atoms with van der Waals surface area (Å²) in [5.41, 5.74) is 3.87. The fourth-order valence-electron chi connectivity index (χ4n) is 6.94. The Hall–Kier alpha value is -4.03. The highest BCUT2D eigenvalue weighted by Gasteiger charge is 2.30. The second-order valence-corrected chi connectivity index (χ2v) is 12.8. The van der Waals surface area contributed by atoms with Crippen LogP contribution in [-0.4, -0.2) is 86.5 Å². The van der Waals surface area contributed by atoms with Gasteiger partial charge in [0.1, 0.15) is 30.2 Å². The predicted molar refractivity (Wildman–Crippen MR) is 171 cm³/mol. The molecule has 3 N–H and O–H groups in total. The van der Waals surface area contributed by atoms with Gasteiger partial charge in [-0.1, -0.05) is 6.07 Å². The van der Waals surface area contributed by atoms with E-state index in [1.165, 1.54) is 30.3 Å². The van der Waals surface area contributed by atoms with Crippen molar-refractivity contribution in [1.29, 1.82) is 0 Å². The number of anilines is 1. The number of benzene rings is 1. The first kappa shape index (κ1) is 31.9. The number of ether oxygens (including phenoxy) is 1. The van der Waals surface area contributed by atoms with Gasteiger partial charge in [0.2, 0.25) is 5.91 Å². The van der Waals surface area contributed by atoms with E-state index in [2.05, 4.69) is 48.4 Å². The smallest absolute Gasteiger partial charge is 0.270 e. The second kappa shape index (κ2) is 15.0. The van der Waals surface area contributed by atoms with Crippen molar-refractivity contribution in [2.75, 3.05) is 38.0 Å². The van der Waals surface area contributed by atoms with E-state index in [1.54, 1.807) is 12.3 Å². The molecule has 0 bridgehead atoms. The molecule has 3 aromatic rings. The van der Waals surface area contributed by atoms with Crippen LogP contribution in [0.3, 0.4) is 0 Å². The molecule has 1 atom stereocenters.